The van der Waals surface area contributed by atoms with Crippen molar-refractivity contribution in [3.05, 3.63) is 217 Å². The van der Waals surface area contributed by atoms with Crippen molar-refractivity contribution < 1.29 is 0 Å². The van der Waals surface area contributed by atoms with Gasteiger partial charge in [-0.15, -0.1) is 0 Å². The third-order valence-corrected chi connectivity index (χ3v) is 12.9. The van der Waals surface area contributed by atoms with E-state index in [1.165, 1.54) is 78.2 Å². The van der Waals surface area contributed by atoms with Gasteiger partial charge in [-0.3, -0.25) is 0 Å². The van der Waals surface area contributed by atoms with Crippen LogP contribution in [0.3, 0.4) is 0 Å². The molecule has 2 aliphatic carbocycles. The van der Waals surface area contributed by atoms with E-state index in [0.717, 1.165) is 54.1 Å². The average molecular weight is 785 g/mol. The molecule has 0 unspecified atom stereocenters. The monoisotopic (exact) mass is 784 g/mol. The van der Waals surface area contributed by atoms with E-state index in [9.17, 15) is 0 Å². The summed E-state index contributed by atoms with van der Waals surface area (Å²) in [5, 5.41) is 5.21. The number of allylic oxidation sites excluding steroid dienone is 4. The molecule has 7 aromatic carbocycles. The van der Waals surface area contributed by atoms with E-state index in [1.807, 2.05) is 0 Å². The van der Waals surface area contributed by atoms with Crippen molar-refractivity contribution in [2.24, 2.45) is 0 Å². The smallest absolute Gasteiger partial charge is 0.0541 e. The molecule has 4 nitrogen and oxygen atoms in total. The number of rotatable bonds is 6. The highest BCUT2D eigenvalue weighted by Gasteiger charge is 2.21. The van der Waals surface area contributed by atoms with Crippen LogP contribution in [-0.4, -0.2) is 13.7 Å². The van der Waals surface area contributed by atoms with E-state index in [-0.39, 0.29) is 0 Å². The van der Waals surface area contributed by atoms with Crippen LogP contribution in [0.5, 0.6) is 0 Å². The third-order valence-electron chi connectivity index (χ3n) is 12.9. The maximum absolute atomic E-state index is 2.45. The molecule has 0 N–H and O–H groups in total. The normalized spacial score (nSPS) is 14.8. The Kier molecular flexibility index (Phi) is 8.48. The summed E-state index contributed by atoms with van der Waals surface area (Å²) >= 11 is 0. The molecule has 4 heteroatoms. The lowest BCUT2D eigenvalue weighted by atomic mass is 10.0. The summed E-state index contributed by atoms with van der Waals surface area (Å²) in [4.78, 5) is 2.39. The summed E-state index contributed by atoms with van der Waals surface area (Å²) in [5.41, 5.74) is 17.1. The number of hydrogen-bond donors (Lipinski definition) is 0. The minimum absolute atomic E-state index is 1.02. The van der Waals surface area contributed by atoms with Gasteiger partial charge in [-0.05, 0) is 152 Å². The molecule has 0 amide bonds. The average Bonchev–Trinajstić information content (AvgIpc) is 3.83. The Balaban J connectivity index is 0.987. The Labute approximate surface area is 355 Å². The van der Waals surface area contributed by atoms with Crippen molar-refractivity contribution in [2.45, 2.75) is 32.1 Å². The second-order valence-corrected chi connectivity index (χ2v) is 16.3. The number of hydrogen-bond acceptors (Lipinski definition) is 1. The topological polar surface area (TPSA) is 18.0 Å². The van der Waals surface area contributed by atoms with Crippen LogP contribution in [0.25, 0.3) is 72.8 Å². The van der Waals surface area contributed by atoms with Crippen LogP contribution in [0.15, 0.2) is 194 Å². The minimum atomic E-state index is 1.02. The van der Waals surface area contributed by atoms with Gasteiger partial charge in [-0.25, -0.2) is 0 Å². The lowest BCUT2D eigenvalue weighted by Crippen LogP contribution is -2.11. The van der Waals surface area contributed by atoms with Crippen LogP contribution in [0.4, 0.5) is 17.1 Å². The van der Waals surface area contributed by atoms with E-state index >= 15 is 0 Å². The molecule has 0 atom stereocenters. The highest BCUT2D eigenvalue weighted by Crippen LogP contribution is 2.40. The summed E-state index contributed by atoms with van der Waals surface area (Å²) < 4.78 is 7.27. The molecule has 3 aromatic heterocycles. The number of nitrogens with zero attached hydrogens (tertiary/aromatic N) is 4. The summed E-state index contributed by atoms with van der Waals surface area (Å²) in [6.07, 6.45) is 19.0. The zero-order chi connectivity index (χ0) is 40.3. The van der Waals surface area contributed by atoms with Crippen molar-refractivity contribution in [3.8, 4) is 17.1 Å². The molecule has 2 aliphatic rings. The molecule has 0 saturated carbocycles. The van der Waals surface area contributed by atoms with Crippen LogP contribution in [0, 0.1) is 0 Å². The lowest BCUT2D eigenvalue weighted by Gasteiger charge is -2.26. The van der Waals surface area contributed by atoms with Gasteiger partial charge in [-0.1, -0.05) is 97.1 Å². The number of para-hydroxylation sites is 4. The zero-order valence-electron chi connectivity index (χ0n) is 34.0. The quantitative estimate of drug-likeness (QED) is 0.164. The van der Waals surface area contributed by atoms with Crippen LogP contribution >= 0.6 is 0 Å². The Bertz CT molecular complexity index is 3310. The van der Waals surface area contributed by atoms with Gasteiger partial charge in [0.05, 0.1) is 27.8 Å². The second kappa shape index (κ2) is 14.6. The molecule has 0 radical (unpaired) electrons. The van der Waals surface area contributed by atoms with E-state index in [4.69, 9.17) is 0 Å². The first kappa shape index (κ1) is 35.4. The van der Waals surface area contributed by atoms with Crippen molar-refractivity contribution in [1.82, 2.24) is 13.7 Å². The maximum atomic E-state index is 2.45. The largest absolute Gasteiger partial charge is 0.310 e. The molecule has 0 bridgehead atoms. The highest BCUT2D eigenvalue weighted by atomic mass is 15.1. The SMILES string of the molecule is C1=Cc2c(c3ccccc3n2-c2ccc(N(c3ccc(-n4c5c(c6ccccc64)CC/C=C\C=C/5)cc3)c3ccc(-n4c5ccccc5c5ccccc54)cc3)cc2)CCC1. The predicted octanol–water partition coefficient (Wildman–Crippen LogP) is 15.0. The Morgan fingerprint density at radius 3 is 1.30 bits per heavy atom. The standard InChI is InChI=1S/C57H44N4/c1-2-6-22-52-46(16-4-1)48-18-8-12-24-54(48)59(52)43-34-28-40(29-35-43)58(42-32-38-45(39-33-42)61-56-26-14-10-20-50(56)51-21-11-15-27-57(51)61)41-30-36-44(37-31-41)60-53-23-7-3-5-17-47(53)49-19-9-13-25-55(49)60/h1-2,6-15,18-39H,3-5,16-17H2/b2-1-,22-6-. The summed E-state index contributed by atoms with van der Waals surface area (Å²) in [5.74, 6) is 0. The molecule has 10 aromatic rings. The van der Waals surface area contributed by atoms with Crippen molar-refractivity contribution in [3.63, 3.8) is 0 Å². The first-order valence-corrected chi connectivity index (χ1v) is 21.6. The van der Waals surface area contributed by atoms with E-state index in [1.54, 1.807) is 0 Å². The highest BCUT2D eigenvalue weighted by molar-refractivity contribution is 6.09. The molecular weight excluding hydrogens is 741 g/mol. The fourth-order valence-corrected chi connectivity index (χ4v) is 10.1. The molecule has 0 aliphatic heterocycles. The number of aromatic nitrogens is 3. The van der Waals surface area contributed by atoms with Gasteiger partial charge >= 0.3 is 0 Å². The number of fused-ring (bicyclic) bond motifs is 9. The summed E-state index contributed by atoms with van der Waals surface area (Å²) in [7, 11) is 0. The van der Waals surface area contributed by atoms with Gasteiger partial charge in [0.25, 0.3) is 0 Å². The van der Waals surface area contributed by atoms with Gasteiger partial charge in [-0.2, -0.15) is 0 Å². The number of aryl methyl sites for hydroxylation is 2. The maximum Gasteiger partial charge on any atom is 0.0541 e. The van der Waals surface area contributed by atoms with Crippen LogP contribution < -0.4 is 4.90 Å². The molecule has 0 saturated heterocycles. The Morgan fingerprint density at radius 2 is 0.770 bits per heavy atom. The molecule has 61 heavy (non-hydrogen) atoms. The van der Waals surface area contributed by atoms with Crippen molar-refractivity contribution >= 4 is 72.8 Å². The molecule has 12 rings (SSSR count). The fraction of sp³-hybridized carbons (Fsp3) is 0.0877. The minimum Gasteiger partial charge on any atom is -0.310 e. The first-order valence-electron chi connectivity index (χ1n) is 21.6. The van der Waals surface area contributed by atoms with E-state index in [2.05, 4.69) is 225 Å². The molecule has 3 heterocycles. The van der Waals surface area contributed by atoms with Gasteiger partial charge in [0.1, 0.15) is 0 Å². The zero-order valence-corrected chi connectivity index (χ0v) is 34.0. The lowest BCUT2D eigenvalue weighted by molar-refractivity contribution is 0.854. The molecule has 0 fully saturated rings. The van der Waals surface area contributed by atoms with Crippen molar-refractivity contribution in [2.75, 3.05) is 4.90 Å². The number of anilines is 3. The van der Waals surface area contributed by atoms with Crippen LogP contribution in [0.1, 0.15) is 41.8 Å². The second-order valence-electron chi connectivity index (χ2n) is 16.3. The van der Waals surface area contributed by atoms with Gasteiger partial charge in [0.15, 0.2) is 0 Å². The fourth-order valence-electron chi connectivity index (χ4n) is 10.1. The summed E-state index contributed by atoms with van der Waals surface area (Å²) in [6.45, 7) is 0. The van der Waals surface area contributed by atoms with Gasteiger partial charge < -0.3 is 18.6 Å². The molecular formula is C57H44N4. The predicted molar refractivity (Wildman–Crippen MR) is 258 cm³/mol. The Hall–Kier alpha value is -7.56. The van der Waals surface area contributed by atoms with Crippen LogP contribution in [0.2, 0.25) is 0 Å². The van der Waals surface area contributed by atoms with Gasteiger partial charge in [0, 0.05) is 61.4 Å². The molecule has 0 spiro atoms. The molecule has 292 valence electrons. The van der Waals surface area contributed by atoms with E-state index < -0.39 is 0 Å². The van der Waals surface area contributed by atoms with Crippen molar-refractivity contribution in [1.29, 1.82) is 0 Å². The number of benzene rings is 7. The van der Waals surface area contributed by atoms with E-state index in [0.29, 0.717) is 0 Å². The first-order chi connectivity index (χ1) is 30.3. The Morgan fingerprint density at radius 1 is 0.344 bits per heavy atom. The van der Waals surface area contributed by atoms with Crippen LogP contribution in [-0.2, 0) is 12.8 Å². The van der Waals surface area contributed by atoms with Gasteiger partial charge in [0.2, 0.25) is 0 Å². The third kappa shape index (κ3) is 5.82. The summed E-state index contributed by atoms with van der Waals surface area (Å²) in [6, 6.07) is 62.5.